The molecule has 1 unspecified atom stereocenters. The van der Waals surface area contributed by atoms with E-state index >= 15 is 0 Å². The highest BCUT2D eigenvalue weighted by molar-refractivity contribution is 5.82. The van der Waals surface area contributed by atoms with Gasteiger partial charge in [-0.05, 0) is 27.0 Å². The minimum Gasteiger partial charge on any atom is -0.298 e. The smallest absolute Gasteiger partial charge is 0.153 e. The molecule has 0 bridgehead atoms. The molecule has 0 heterocycles. The van der Waals surface area contributed by atoms with E-state index in [2.05, 4.69) is 4.99 Å². The van der Waals surface area contributed by atoms with Gasteiger partial charge < -0.3 is 0 Å². The molecule has 0 saturated carbocycles. The molecule has 8 heavy (non-hydrogen) atoms. The molecular weight excluding hydrogens is 102 g/mol. The highest BCUT2D eigenvalue weighted by Crippen LogP contribution is 1.87. The van der Waals surface area contributed by atoms with Gasteiger partial charge in [0.05, 0.1) is 0 Å². The summed E-state index contributed by atoms with van der Waals surface area (Å²) in [7, 11) is 0. The number of carbonyl (C=O) groups excluding carboxylic acids is 1. The van der Waals surface area contributed by atoms with E-state index in [0.717, 1.165) is 0 Å². The zero-order valence-corrected chi connectivity index (χ0v) is 5.51. The predicted octanol–water partition coefficient (Wildman–Crippen LogP) is 1.05. The Kier molecular flexibility index (Phi) is 3.08. The van der Waals surface area contributed by atoms with Crippen LogP contribution in [0, 0.1) is 0 Å². The fraction of sp³-hybridized carbons (Fsp3) is 0.667. The Labute approximate surface area is 49.6 Å². The van der Waals surface area contributed by atoms with Crippen molar-refractivity contribution in [2.24, 2.45) is 4.99 Å². The van der Waals surface area contributed by atoms with Crippen LogP contribution in [-0.2, 0) is 4.79 Å². The third-order valence-electron chi connectivity index (χ3n) is 0.961. The molecule has 0 N–H and O–H groups in total. The molecular formula is C6H11NO. The first kappa shape index (κ1) is 7.34. The number of hydrogen-bond donors (Lipinski definition) is 0. The van der Waals surface area contributed by atoms with Crippen molar-refractivity contribution < 1.29 is 4.79 Å². The van der Waals surface area contributed by atoms with Crippen molar-refractivity contribution in [1.29, 1.82) is 0 Å². The number of hydrogen-bond acceptors (Lipinski definition) is 2. The molecule has 0 amide bonds. The van der Waals surface area contributed by atoms with Crippen LogP contribution in [0.3, 0.4) is 0 Å². The van der Waals surface area contributed by atoms with E-state index in [1.807, 2.05) is 0 Å². The van der Waals surface area contributed by atoms with E-state index < -0.39 is 0 Å². The van der Waals surface area contributed by atoms with Crippen LogP contribution < -0.4 is 0 Å². The van der Waals surface area contributed by atoms with Gasteiger partial charge in [-0.1, -0.05) is 0 Å². The molecule has 0 rings (SSSR count). The van der Waals surface area contributed by atoms with Crippen molar-refractivity contribution in [3.05, 3.63) is 0 Å². The first-order valence-electron chi connectivity index (χ1n) is 2.66. The number of nitrogens with zero attached hydrogens (tertiary/aromatic N) is 1. The van der Waals surface area contributed by atoms with Gasteiger partial charge in [0.15, 0.2) is 5.78 Å². The lowest BCUT2D eigenvalue weighted by Gasteiger charge is -1.95. The summed E-state index contributed by atoms with van der Waals surface area (Å²) >= 11 is 0. The highest BCUT2D eigenvalue weighted by atomic mass is 16.1. The zero-order valence-electron chi connectivity index (χ0n) is 5.51. The summed E-state index contributed by atoms with van der Waals surface area (Å²) in [6.07, 6.45) is 1.64. The SMILES string of the molecule is C/C=N\C(C)C(C)=O. The Morgan fingerprint density at radius 1 is 1.75 bits per heavy atom. The first-order chi connectivity index (χ1) is 3.68. The van der Waals surface area contributed by atoms with Crippen LogP contribution in [0.25, 0.3) is 0 Å². The number of ketones is 1. The van der Waals surface area contributed by atoms with Crippen LogP contribution in [0.5, 0.6) is 0 Å². The van der Waals surface area contributed by atoms with E-state index in [9.17, 15) is 4.79 Å². The van der Waals surface area contributed by atoms with Crippen molar-refractivity contribution in [1.82, 2.24) is 0 Å². The summed E-state index contributed by atoms with van der Waals surface area (Å²) in [5, 5.41) is 0. The van der Waals surface area contributed by atoms with Crippen LogP contribution in [0.1, 0.15) is 20.8 Å². The maximum atomic E-state index is 10.4. The number of aliphatic imine (C=N–C) groups is 1. The summed E-state index contributed by atoms with van der Waals surface area (Å²) in [5.74, 6) is 0.114. The molecule has 2 heteroatoms. The van der Waals surface area contributed by atoms with Gasteiger partial charge in [-0.25, -0.2) is 0 Å². The van der Waals surface area contributed by atoms with E-state index in [1.165, 1.54) is 6.92 Å². The van der Waals surface area contributed by atoms with Crippen molar-refractivity contribution >= 4 is 12.0 Å². The third kappa shape index (κ3) is 2.50. The van der Waals surface area contributed by atoms with Crippen molar-refractivity contribution in [2.45, 2.75) is 26.8 Å². The fourth-order valence-electron chi connectivity index (χ4n) is 0.329. The van der Waals surface area contributed by atoms with Gasteiger partial charge in [0.2, 0.25) is 0 Å². The molecule has 0 fully saturated rings. The molecule has 0 spiro atoms. The summed E-state index contributed by atoms with van der Waals surface area (Å²) in [4.78, 5) is 14.3. The van der Waals surface area contributed by atoms with Gasteiger partial charge in [0.25, 0.3) is 0 Å². The maximum absolute atomic E-state index is 10.4. The molecule has 0 aromatic heterocycles. The average molecular weight is 113 g/mol. The first-order valence-corrected chi connectivity index (χ1v) is 2.66. The van der Waals surface area contributed by atoms with Crippen LogP contribution in [0.4, 0.5) is 0 Å². The van der Waals surface area contributed by atoms with Crippen molar-refractivity contribution in [3.63, 3.8) is 0 Å². The molecule has 2 nitrogen and oxygen atoms in total. The Balaban J connectivity index is 3.64. The summed E-state index contributed by atoms with van der Waals surface area (Å²) in [6, 6.07) is -0.153. The predicted molar refractivity (Wildman–Crippen MR) is 34.3 cm³/mol. The number of carbonyl (C=O) groups is 1. The van der Waals surface area contributed by atoms with E-state index in [-0.39, 0.29) is 11.8 Å². The summed E-state index contributed by atoms with van der Waals surface area (Å²) < 4.78 is 0. The molecule has 0 aromatic carbocycles. The highest BCUT2D eigenvalue weighted by Gasteiger charge is 2.00. The van der Waals surface area contributed by atoms with Crippen LogP contribution in [0.2, 0.25) is 0 Å². The molecule has 0 aliphatic carbocycles. The standard InChI is InChI=1S/C6H11NO/c1-4-7-5(2)6(3)8/h4-5H,1-3H3/b7-4-. The Hall–Kier alpha value is -0.660. The quantitative estimate of drug-likeness (QED) is 0.492. The van der Waals surface area contributed by atoms with Crippen LogP contribution in [-0.4, -0.2) is 18.0 Å². The average Bonchev–Trinajstić information content (AvgIpc) is 1.67. The van der Waals surface area contributed by atoms with Crippen molar-refractivity contribution in [2.75, 3.05) is 0 Å². The molecule has 0 saturated heterocycles. The van der Waals surface area contributed by atoms with Gasteiger partial charge in [0.1, 0.15) is 6.04 Å². The van der Waals surface area contributed by atoms with Gasteiger partial charge in [-0.15, -0.1) is 0 Å². The monoisotopic (exact) mass is 113 g/mol. The zero-order chi connectivity index (χ0) is 6.57. The Bertz CT molecular complexity index is 107. The lowest BCUT2D eigenvalue weighted by molar-refractivity contribution is -0.117. The second kappa shape index (κ2) is 3.36. The lowest BCUT2D eigenvalue weighted by Crippen LogP contribution is -2.09. The molecule has 0 aromatic rings. The minimum absolute atomic E-state index is 0.114. The molecule has 0 aliphatic heterocycles. The number of Topliss-reactive ketones (excluding diaryl/α,β-unsaturated/α-hetero) is 1. The lowest BCUT2D eigenvalue weighted by atomic mass is 10.2. The van der Waals surface area contributed by atoms with E-state index in [0.29, 0.717) is 0 Å². The van der Waals surface area contributed by atoms with Crippen LogP contribution >= 0.6 is 0 Å². The molecule has 0 aliphatic rings. The van der Waals surface area contributed by atoms with Gasteiger partial charge in [-0.3, -0.25) is 9.79 Å². The number of rotatable bonds is 2. The second-order valence-electron chi connectivity index (χ2n) is 1.69. The minimum atomic E-state index is -0.153. The third-order valence-corrected chi connectivity index (χ3v) is 0.961. The summed E-state index contributed by atoms with van der Waals surface area (Å²) in [6.45, 7) is 5.12. The topological polar surface area (TPSA) is 29.4 Å². The molecule has 1 atom stereocenters. The summed E-state index contributed by atoms with van der Waals surface area (Å²) in [5.41, 5.74) is 0. The van der Waals surface area contributed by atoms with Gasteiger partial charge >= 0.3 is 0 Å². The Morgan fingerprint density at radius 3 is 2.38 bits per heavy atom. The maximum Gasteiger partial charge on any atom is 0.153 e. The molecule has 46 valence electrons. The van der Waals surface area contributed by atoms with Crippen LogP contribution in [0.15, 0.2) is 4.99 Å². The second-order valence-corrected chi connectivity index (χ2v) is 1.69. The van der Waals surface area contributed by atoms with Crippen molar-refractivity contribution in [3.8, 4) is 0 Å². The van der Waals surface area contributed by atoms with Gasteiger partial charge in [-0.2, -0.15) is 0 Å². The normalized spacial score (nSPS) is 14.4. The molecule has 0 radical (unpaired) electrons. The van der Waals surface area contributed by atoms with Gasteiger partial charge in [0, 0.05) is 0 Å². The fourth-order valence-corrected chi connectivity index (χ4v) is 0.329. The Morgan fingerprint density at radius 2 is 2.25 bits per heavy atom. The van der Waals surface area contributed by atoms with E-state index in [1.54, 1.807) is 20.1 Å². The largest absolute Gasteiger partial charge is 0.298 e. The van der Waals surface area contributed by atoms with E-state index in [4.69, 9.17) is 0 Å².